The molecule has 0 amide bonds. The summed E-state index contributed by atoms with van der Waals surface area (Å²) >= 11 is 0. The summed E-state index contributed by atoms with van der Waals surface area (Å²) in [5, 5.41) is 14.3. The molecule has 0 radical (unpaired) electrons. The lowest BCUT2D eigenvalue weighted by molar-refractivity contribution is -0.193. The molecule has 2 aromatic carbocycles. The maximum Gasteiger partial charge on any atom is 0.197 e. The third-order valence-corrected chi connectivity index (χ3v) is 4.84. The Morgan fingerprint density at radius 2 is 1.88 bits per heavy atom. The van der Waals surface area contributed by atoms with Gasteiger partial charge in [0.15, 0.2) is 12.4 Å². The first-order valence-electron chi connectivity index (χ1n) is 8.78. The smallest absolute Gasteiger partial charge is 0.197 e. The van der Waals surface area contributed by atoms with Crippen LogP contribution in [0.15, 0.2) is 54.6 Å². The average Bonchev–Trinajstić information content (AvgIpc) is 3.12. The lowest BCUT2D eigenvalue weighted by atomic mass is 9.97. The van der Waals surface area contributed by atoms with E-state index in [2.05, 4.69) is 5.32 Å². The molecule has 6 nitrogen and oxygen atoms in total. The van der Waals surface area contributed by atoms with Gasteiger partial charge < -0.3 is 29.4 Å². The van der Waals surface area contributed by atoms with Crippen molar-refractivity contribution < 1.29 is 24.1 Å². The largest absolute Gasteiger partial charge is 0.496 e. The Bertz CT molecular complexity index is 725. The Labute approximate surface area is 152 Å². The van der Waals surface area contributed by atoms with Gasteiger partial charge in [-0.1, -0.05) is 36.4 Å². The van der Waals surface area contributed by atoms with E-state index in [1.165, 1.54) is 0 Å². The summed E-state index contributed by atoms with van der Waals surface area (Å²) in [5.41, 5.74) is 1.02. The van der Waals surface area contributed by atoms with Gasteiger partial charge in [-0.2, -0.15) is 0 Å². The number of nitrogens with one attached hydrogen (secondary N) is 1. The van der Waals surface area contributed by atoms with E-state index in [0.717, 1.165) is 11.3 Å². The van der Waals surface area contributed by atoms with E-state index in [1.54, 1.807) is 7.11 Å². The standard InChI is InChI=1S/C20H23NO5/c1-23-15-10-6-5-7-13(15)11-21-17-16-12-24-20(26-16)19(18(17)22)25-14-8-3-2-4-9-14/h2-10,16-22H,11-12H2,1H3. The molecule has 5 atom stereocenters. The Kier molecular flexibility index (Phi) is 5.08. The van der Waals surface area contributed by atoms with Crippen molar-refractivity contribution in [3.05, 3.63) is 60.2 Å². The number of hydrogen-bond donors (Lipinski definition) is 2. The lowest BCUT2D eigenvalue weighted by Gasteiger charge is -2.38. The second-order valence-electron chi connectivity index (χ2n) is 6.48. The summed E-state index contributed by atoms with van der Waals surface area (Å²) in [4.78, 5) is 0. The number of aliphatic hydroxyl groups is 1. The van der Waals surface area contributed by atoms with Gasteiger partial charge in [0.1, 0.15) is 23.7 Å². The first kappa shape index (κ1) is 17.3. The molecule has 0 saturated carbocycles. The number of fused-ring (bicyclic) bond motifs is 2. The summed E-state index contributed by atoms with van der Waals surface area (Å²) in [5.74, 6) is 1.49. The van der Waals surface area contributed by atoms with E-state index < -0.39 is 18.5 Å². The van der Waals surface area contributed by atoms with Gasteiger partial charge in [0.2, 0.25) is 0 Å². The van der Waals surface area contributed by atoms with Gasteiger partial charge in [-0.15, -0.1) is 0 Å². The monoisotopic (exact) mass is 357 g/mol. The highest BCUT2D eigenvalue weighted by atomic mass is 16.7. The second-order valence-corrected chi connectivity index (χ2v) is 6.48. The van der Waals surface area contributed by atoms with E-state index in [0.29, 0.717) is 18.9 Å². The zero-order valence-corrected chi connectivity index (χ0v) is 14.6. The van der Waals surface area contributed by atoms with E-state index >= 15 is 0 Å². The van der Waals surface area contributed by atoms with Crippen LogP contribution in [0.2, 0.25) is 0 Å². The van der Waals surface area contributed by atoms with Crippen molar-refractivity contribution in [3.8, 4) is 11.5 Å². The molecule has 5 unspecified atom stereocenters. The minimum absolute atomic E-state index is 0.208. The van der Waals surface area contributed by atoms with Gasteiger partial charge in [0, 0.05) is 12.1 Å². The van der Waals surface area contributed by atoms with Crippen molar-refractivity contribution in [3.63, 3.8) is 0 Å². The highest BCUT2D eigenvalue weighted by molar-refractivity contribution is 5.33. The number of methoxy groups -OCH3 is 1. The van der Waals surface area contributed by atoms with Gasteiger partial charge >= 0.3 is 0 Å². The maximum atomic E-state index is 10.9. The zero-order valence-electron chi connectivity index (χ0n) is 14.6. The van der Waals surface area contributed by atoms with Crippen LogP contribution in [0.4, 0.5) is 0 Å². The molecule has 6 heteroatoms. The van der Waals surface area contributed by atoms with Crippen molar-refractivity contribution in [2.75, 3.05) is 13.7 Å². The number of rotatable bonds is 6. The molecule has 2 saturated heterocycles. The fourth-order valence-electron chi connectivity index (χ4n) is 3.50. The van der Waals surface area contributed by atoms with Crippen LogP contribution in [0.25, 0.3) is 0 Å². The van der Waals surface area contributed by atoms with E-state index in [4.69, 9.17) is 18.9 Å². The molecule has 4 rings (SSSR count). The first-order chi connectivity index (χ1) is 12.8. The normalized spacial score (nSPS) is 30.2. The second kappa shape index (κ2) is 7.63. The molecule has 2 bridgehead atoms. The van der Waals surface area contributed by atoms with E-state index in [9.17, 15) is 5.11 Å². The number of hydrogen-bond acceptors (Lipinski definition) is 6. The van der Waals surface area contributed by atoms with Crippen LogP contribution >= 0.6 is 0 Å². The van der Waals surface area contributed by atoms with Crippen LogP contribution in [-0.4, -0.2) is 49.5 Å². The Balaban J connectivity index is 1.47. The zero-order chi connectivity index (χ0) is 17.9. The Hall–Kier alpha value is -2.12. The third kappa shape index (κ3) is 3.41. The minimum atomic E-state index is -0.754. The third-order valence-electron chi connectivity index (χ3n) is 4.84. The number of para-hydroxylation sites is 2. The Morgan fingerprint density at radius 1 is 1.12 bits per heavy atom. The molecule has 26 heavy (non-hydrogen) atoms. The fourth-order valence-corrected chi connectivity index (χ4v) is 3.50. The molecule has 2 aliphatic rings. The van der Waals surface area contributed by atoms with Crippen molar-refractivity contribution in [2.24, 2.45) is 0 Å². The first-order valence-corrected chi connectivity index (χ1v) is 8.78. The van der Waals surface area contributed by atoms with Crippen molar-refractivity contribution in [1.82, 2.24) is 5.32 Å². The van der Waals surface area contributed by atoms with Crippen molar-refractivity contribution in [1.29, 1.82) is 0 Å². The predicted octanol–water partition coefficient (Wildman–Crippen LogP) is 1.72. The van der Waals surface area contributed by atoms with Crippen LogP contribution in [0.5, 0.6) is 11.5 Å². The van der Waals surface area contributed by atoms with Gasteiger partial charge in [0.05, 0.1) is 19.8 Å². The van der Waals surface area contributed by atoms with Gasteiger partial charge in [-0.25, -0.2) is 0 Å². The number of benzene rings is 2. The highest BCUT2D eigenvalue weighted by Crippen LogP contribution is 2.31. The topological polar surface area (TPSA) is 69.2 Å². The molecular formula is C20H23NO5. The SMILES string of the molecule is COc1ccccc1CNC1C2COC(O2)C(Oc2ccccc2)C1O. The summed E-state index contributed by atoms with van der Waals surface area (Å²) < 4.78 is 22.9. The van der Waals surface area contributed by atoms with Gasteiger partial charge in [0.25, 0.3) is 0 Å². The van der Waals surface area contributed by atoms with E-state index in [1.807, 2.05) is 54.6 Å². The number of ether oxygens (including phenoxy) is 4. The highest BCUT2D eigenvalue weighted by Gasteiger charge is 2.51. The van der Waals surface area contributed by atoms with Crippen LogP contribution in [-0.2, 0) is 16.0 Å². The molecule has 0 aromatic heterocycles. The minimum Gasteiger partial charge on any atom is -0.496 e. The average molecular weight is 357 g/mol. The summed E-state index contributed by atoms with van der Waals surface area (Å²) in [7, 11) is 1.65. The quantitative estimate of drug-likeness (QED) is 0.820. The maximum absolute atomic E-state index is 10.9. The molecule has 2 N–H and O–H groups in total. The molecule has 2 aromatic rings. The fraction of sp³-hybridized carbons (Fsp3) is 0.400. The molecule has 2 heterocycles. The van der Waals surface area contributed by atoms with Crippen LogP contribution in [0.1, 0.15) is 5.56 Å². The predicted molar refractivity (Wildman–Crippen MR) is 95.1 cm³/mol. The Morgan fingerprint density at radius 3 is 2.69 bits per heavy atom. The van der Waals surface area contributed by atoms with Crippen LogP contribution in [0.3, 0.4) is 0 Å². The van der Waals surface area contributed by atoms with Crippen LogP contribution < -0.4 is 14.8 Å². The molecule has 0 spiro atoms. The molecular weight excluding hydrogens is 334 g/mol. The van der Waals surface area contributed by atoms with Crippen molar-refractivity contribution in [2.45, 2.75) is 37.2 Å². The molecule has 138 valence electrons. The summed E-state index contributed by atoms with van der Waals surface area (Å²) in [6, 6.07) is 16.9. The van der Waals surface area contributed by atoms with E-state index in [-0.39, 0.29) is 12.1 Å². The van der Waals surface area contributed by atoms with Crippen molar-refractivity contribution >= 4 is 0 Å². The summed E-state index contributed by atoms with van der Waals surface area (Å²) in [6.07, 6.45) is -2.11. The molecule has 2 fully saturated rings. The molecule has 2 aliphatic heterocycles. The van der Waals surface area contributed by atoms with Gasteiger partial charge in [-0.05, 0) is 18.2 Å². The molecule has 0 aliphatic carbocycles. The number of aliphatic hydroxyl groups excluding tert-OH is 1. The van der Waals surface area contributed by atoms with Gasteiger partial charge in [-0.3, -0.25) is 0 Å². The lowest BCUT2D eigenvalue weighted by Crippen LogP contribution is -2.61. The summed E-state index contributed by atoms with van der Waals surface area (Å²) in [6.45, 7) is 0.980. The van der Waals surface area contributed by atoms with Crippen LogP contribution in [0, 0.1) is 0 Å².